The number of benzene rings is 3. The Balaban J connectivity index is 1.44. The summed E-state index contributed by atoms with van der Waals surface area (Å²) in [7, 11) is 0. The zero-order chi connectivity index (χ0) is 29.0. The van der Waals surface area contributed by atoms with Gasteiger partial charge in [0.05, 0.1) is 29.1 Å². The van der Waals surface area contributed by atoms with E-state index in [4.69, 9.17) is 21.1 Å². The van der Waals surface area contributed by atoms with Crippen LogP contribution in [0.15, 0.2) is 83.5 Å². The summed E-state index contributed by atoms with van der Waals surface area (Å²) in [5.41, 5.74) is 1.79. The van der Waals surface area contributed by atoms with Crippen molar-refractivity contribution >= 4 is 52.4 Å². The molecule has 4 rings (SSSR count). The van der Waals surface area contributed by atoms with Crippen LogP contribution in [-0.2, 0) is 14.3 Å². The van der Waals surface area contributed by atoms with Crippen LogP contribution in [0.4, 0.5) is 17.1 Å². The zero-order valence-electron chi connectivity index (χ0n) is 22.4. The molecule has 0 radical (unpaired) electrons. The summed E-state index contributed by atoms with van der Waals surface area (Å²) in [6, 6.07) is 19.4. The fourth-order valence-electron chi connectivity index (χ4n) is 3.84. The highest BCUT2D eigenvalue weighted by molar-refractivity contribution is 6.53. The van der Waals surface area contributed by atoms with Crippen molar-refractivity contribution in [2.24, 2.45) is 0 Å². The van der Waals surface area contributed by atoms with Crippen molar-refractivity contribution in [1.82, 2.24) is 0 Å². The van der Waals surface area contributed by atoms with E-state index < -0.39 is 17.8 Å². The van der Waals surface area contributed by atoms with Crippen molar-refractivity contribution < 1.29 is 28.7 Å². The monoisotopic (exact) mass is 561 g/mol. The molecule has 1 aliphatic heterocycles. The second-order valence-electron chi connectivity index (χ2n) is 9.45. The number of carbonyl (C=O) groups excluding carboxylic acids is 4. The van der Waals surface area contributed by atoms with Crippen LogP contribution in [0.1, 0.15) is 48.4 Å². The maximum Gasteiger partial charge on any atom is 0.338 e. The predicted octanol–water partition coefficient (Wildman–Crippen LogP) is 5.73. The summed E-state index contributed by atoms with van der Waals surface area (Å²) in [6.45, 7) is 7.27. The molecule has 206 valence electrons. The fourth-order valence-corrected chi connectivity index (χ4v) is 4.06. The Morgan fingerprint density at radius 3 is 2.05 bits per heavy atom. The number of para-hydroxylation sites is 2. The summed E-state index contributed by atoms with van der Waals surface area (Å²) >= 11 is 6.23. The van der Waals surface area contributed by atoms with Gasteiger partial charge in [-0.1, -0.05) is 23.7 Å². The number of hydrogen-bond acceptors (Lipinski definition) is 7. The highest BCUT2D eigenvalue weighted by atomic mass is 35.5. The van der Waals surface area contributed by atoms with Crippen LogP contribution in [0.25, 0.3) is 0 Å². The lowest BCUT2D eigenvalue weighted by atomic mass is 10.1. The highest BCUT2D eigenvalue weighted by Crippen LogP contribution is 2.31. The molecule has 40 heavy (non-hydrogen) atoms. The van der Waals surface area contributed by atoms with Crippen molar-refractivity contribution in [3.05, 3.63) is 94.7 Å². The number of nitrogens with zero attached hydrogens (tertiary/aromatic N) is 1. The van der Waals surface area contributed by atoms with Crippen molar-refractivity contribution in [3.8, 4) is 5.75 Å². The molecule has 0 fully saturated rings. The molecule has 0 bridgehead atoms. The molecule has 0 saturated carbocycles. The summed E-state index contributed by atoms with van der Waals surface area (Å²) < 4.78 is 10.9. The summed E-state index contributed by atoms with van der Waals surface area (Å²) in [5.74, 6) is -1.65. The molecule has 0 unspecified atom stereocenters. The summed E-state index contributed by atoms with van der Waals surface area (Å²) in [6.07, 6.45) is -0.339. The smallest absolute Gasteiger partial charge is 0.338 e. The predicted molar refractivity (Wildman–Crippen MR) is 153 cm³/mol. The van der Waals surface area contributed by atoms with Gasteiger partial charge in [-0.3, -0.25) is 14.4 Å². The van der Waals surface area contributed by atoms with Gasteiger partial charge in [0.15, 0.2) is 0 Å². The molecule has 3 aromatic rings. The first-order chi connectivity index (χ1) is 19.0. The molecule has 9 nitrogen and oxygen atoms in total. The van der Waals surface area contributed by atoms with Crippen molar-refractivity contribution in [2.75, 3.05) is 15.5 Å². The molecular formula is C30H28ClN3O6. The Hall–Kier alpha value is -4.63. The number of anilines is 3. The van der Waals surface area contributed by atoms with Gasteiger partial charge in [-0.2, -0.15) is 0 Å². The van der Waals surface area contributed by atoms with Gasteiger partial charge in [-0.05, 0) is 88.4 Å². The lowest BCUT2D eigenvalue weighted by molar-refractivity contribution is -0.120. The Morgan fingerprint density at radius 2 is 1.43 bits per heavy atom. The number of halogens is 1. The molecule has 2 N–H and O–H groups in total. The van der Waals surface area contributed by atoms with E-state index in [1.165, 1.54) is 24.3 Å². The number of hydrogen-bond donors (Lipinski definition) is 2. The molecular weight excluding hydrogens is 534 g/mol. The van der Waals surface area contributed by atoms with Gasteiger partial charge in [0.2, 0.25) is 0 Å². The number of nitrogens with one attached hydrogen (secondary N) is 2. The van der Waals surface area contributed by atoms with Gasteiger partial charge in [0.25, 0.3) is 17.7 Å². The first-order valence-corrected chi connectivity index (χ1v) is 13.0. The third-order valence-corrected chi connectivity index (χ3v) is 6.00. The molecule has 3 amide bonds. The van der Waals surface area contributed by atoms with Crippen LogP contribution in [0.5, 0.6) is 5.75 Å². The van der Waals surface area contributed by atoms with Gasteiger partial charge < -0.3 is 20.1 Å². The van der Waals surface area contributed by atoms with Crippen LogP contribution in [0.3, 0.4) is 0 Å². The second-order valence-corrected chi connectivity index (χ2v) is 9.83. The van der Waals surface area contributed by atoms with E-state index in [0.29, 0.717) is 22.7 Å². The zero-order valence-corrected chi connectivity index (χ0v) is 23.1. The standard InChI is InChI=1S/C30H28ClN3O6/c1-17(2)39-24-8-6-5-7-23(24)33-27(35)19-9-13-21(14-10-19)32-26-25(31)28(36)34(29(26)37)22-15-11-20(12-16-22)30(38)40-18(3)4/h5-18,32H,1-4H3,(H,33,35). The minimum atomic E-state index is -0.704. The quantitative estimate of drug-likeness (QED) is 0.253. The lowest BCUT2D eigenvalue weighted by Gasteiger charge is -2.16. The van der Waals surface area contributed by atoms with Gasteiger partial charge in [0, 0.05) is 11.3 Å². The van der Waals surface area contributed by atoms with Gasteiger partial charge in [-0.25, -0.2) is 9.69 Å². The topological polar surface area (TPSA) is 114 Å². The number of carbonyl (C=O) groups is 4. The minimum Gasteiger partial charge on any atom is -0.489 e. The second kappa shape index (κ2) is 12.0. The van der Waals surface area contributed by atoms with E-state index in [-0.39, 0.29) is 40.1 Å². The van der Waals surface area contributed by atoms with Crippen molar-refractivity contribution in [1.29, 1.82) is 0 Å². The maximum absolute atomic E-state index is 13.1. The maximum atomic E-state index is 13.1. The van der Waals surface area contributed by atoms with Crippen molar-refractivity contribution in [2.45, 2.75) is 39.9 Å². The number of ether oxygens (including phenoxy) is 2. The third-order valence-electron chi connectivity index (χ3n) is 5.65. The van der Waals surface area contributed by atoms with E-state index in [1.54, 1.807) is 56.3 Å². The van der Waals surface area contributed by atoms with E-state index in [9.17, 15) is 19.2 Å². The van der Waals surface area contributed by atoms with Crippen LogP contribution < -0.4 is 20.3 Å². The third kappa shape index (κ3) is 6.32. The summed E-state index contributed by atoms with van der Waals surface area (Å²) in [4.78, 5) is 51.8. The largest absolute Gasteiger partial charge is 0.489 e. The van der Waals surface area contributed by atoms with E-state index >= 15 is 0 Å². The van der Waals surface area contributed by atoms with Crippen molar-refractivity contribution in [3.63, 3.8) is 0 Å². The average Bonchev–Trinajstić information content (AvgIpc) is 3.12. The van der Waals surface area contributed by atoms with Gasteiger partial charge in [0.1, 0.15) is 16.5 Å². The molecule has 0 atom stereocenters. The molecule has 0 aromatic heterocycles. The number of amides is 3. The number of esters is 1. The van der Waals surface area contributed by atoms with Crippen LogP contribution >= 0.6 is 11.6 Å². The van der Waals surface area contributed by atoms with Gasteiger partial charge >= 0.3 is 5.97 Å². The van der Waals surface area contributed by atoms with Crippen LogP contribution in [-0.4, -0.2) is 35.9 Å². The van der Waals surface area contributed by atoms with Gasteiger partial charge in [-0.15, -0.1) is 0 Å². The first kappa shape index (κ1) is 28.4. The SMILES string of the molecule is CC(C)OC(=O)c1ccc(N2C(=O)C(Cl)=C(Nc3ccc(C(=O)Nc4ccccc4OC(C)C)cc3)C2=O)cc1. The minimum absolute atomic E-state index is 0.0569. The molecule has 10 heteroatoms. The first-order valence-electron chi connectivity index (χ1n) is 12.6. The molecule has 0 saturated heterocycles. The molecule has 0 aliphatic carbocycles. The molecule has 0 spiro atoms. The van der Waals surface area contributed by atoms with Crippen LogP contribution in [0.2, 0.25) is 0 Å². The van der Waals surface area contributed by atoms with E-state index in [1.807, 2.05) is 19.9 Å². The molecule has 1 heterocycles. The van der Waals surface area contributed by atoms with E-state index in [0.717, 1.165) is 4.90 Å². The van der Waals surface area contributed by atoms with E-state index in [2.05, 4.69) is 10.6 Å². The lowest BCUT2D eigenvalue weighted by Crippen LogP contribution is -2.32. The highest BCUT2D eigenvalue weighted by Gasteiger charge is 2.39. The Kier molecular flexibility index (Phi) is 8.55. The van der Waals surface area contributed by atoms with Crippen LogP contribution in [0, 0.1) is 0 Å². The Labute approximate surface area is 236 Å². The fraction of sp³-hybridized carbons (Fsp3) is 0.200. The average molecular weight is 562 g/mol. The Bertz CT molecular complexity index is 1480. The number of imide groups is 1. The Morgan fingerprint density at radius 1 is 0.800 bits per heavy atom. The summed E-state index contributed by atoms with van der Waals surface area (Å²) in [5, 5.41) is 5.44. The number of rotatable bonds is 9. The normalized spacial score (nSPS) is 13.2. The molecule has 1 aliphatic rings. The molecule has 3 aromatic carbocycles.